The molecular formula is C13H19N3O4. The summed E-state index contributed by atoms with van der Waals surface area (Å²) < 4.78 is 4.83. The Kier molecular flexibility index (Phi) is 4.36. The van der Waals surface area contributed by atoms with Gasteiger partial charge in [0.1, 0.15) is 0 Å². The maximum absolute atomic E-state index is 12.1. The number of carbonyl (C=O) groups is 2. The Balaban J connectivity index is 1.83. The van der Waals surface area contributed by atoms with E-state index in [0.29, 0.717) is 37.5 Å². The Bertz CT molecular complexity index is 500. The normalized spacial score (nSPS) is 25.6. The Morgan fingerprint density at radius 1 is 1.40 bits per heavy atom. The van der Waals surface area contributed by atoms with Crippen LogP contribution in [0.2, 0.25) is 0 Å². The first-order valence-electron chi connectivity index (χ1n) is 6.77. The maximum atomic E-state index is 12.1. The molecule has 1 aliphatic carbocycles. The highest BCUT2D eigenvalue weighted by molar-refractivity contribution is 5.85. The molecule has 0 aromatic carbocycles. The molecule has 1 fully saturated rings. The van der Waals surface area contributed by atoms with Gasteiger partial charge in [0.2, 0.25) is 11.8 Å². The van der Waals surface area contributed by atoms with Crippen molar-refractivity contribution >= 4 is 11.9 Å². The minimum absolute atomic E-state index is 0.193. The van der Waals surface area contributed by atoms with Gasteiger partial charge in [-0.2, -0.15) is 4.98 Å². The van der Waals surface area contributed by atoms with Gasteiger partial charge in [-0.15, -0.1) is 0 Å². The van der Waals surface area contributed by atoms with Gasteiger partial charge in [0, 0.05) is 19.9 Å². The average molecular weight is 281 g/mol. The molecule has 1 heterocycles. The number of aliphatic carboxylic acids is 1. The smallest absolute Gasteiger partial charge is 0.307 e. The van der Waals surface area contributed by atoms with Gasteiger partial charge in [-0.25, -0.2) is 0 Å². The van der Waals surface area contributed by atoms with E-state index in [1.807, 2.05) is 6.92 Å². The van der Waals surface area contributed by atoms with Crippen LogP contribution in [0.25, 0.3) is 0 Å². The number of carboxylic acid groups (broad SMARTS) is 1. The van der Waals surface area contributed by atoms with Crippen LogP contribution in [-0.2, 0) is 16.0 Å². The maximum Gasteiger partial charge on any atom is 0.307 e. The van der Waals surface area contributed by atoms with Gasteiger partial charge in [-0.1, -0.05) is 12.1 Å². The SMILES string of the molecule is Cc1nc(CCNC(=O)[C@H]2CC(C)C[C@H]2C(=O)O)no1. The van der Waals surface area contributed by atoms with Crippen LogP contribution in [0.15, 0.2) is 4.52 Å². The summed E-state index contributed by atoms with van der Waals surface area (Å²) in [6, 6.07) is 0. The lowest BCUT2D eigenvalue weighted by Gasteiger charge is -2.15. The zero-order valence-corrected chi connectivity index (χ0v) is 11.6. The molecule has 1 amide bonds. The zero-order chi connectivity index (χ0) is 14.7. The molecule has 0 spiro atoms. The van der Waals surface area contributed by atoms with Crippen LogP contribution in [0.3, 0.4) is 0 Å². The van der Waals surface area contributed by atoms with Gasteiger partial charge < -0.3 is 14.9 Å². The number of nitrogens with one attached hydrogen (secondary N) is 1. The predicted molar refractivity (Wildman–Crippen MR) is 68.8 cm³/mol. The topological polar surface area (TPSA) is 105 Å². The second kappa shape index (κ2) is 6.02. The van der Waals surface area contributed by atoms with Crippen molar-refractivity contribution in [3.05, 3.63) is 11.7 Å². The second-order valence-corrected chi connectivity index (χ2v) is 5.40. The van der Waals surface area contributed by atoms with Crippen molar-refractivity contribution in [2.45, 2.75) is 33.1 Å². The highest BCUT2D eigenvalue weighted by Gasteiger charge is 2.40. The summed E-state index contributed by atoms with van der Waals surface area (Å²) in [7, 11) is 0. The number of hydrogen-bond donors (Lipinski definition) is 2. The highest BCUT2D eigenvalue weighted by atomic mass is 16.5. The molecule has 1 saturated carbocycles. The van der Waals surface area contributed by atoms with Gasteiger partial charge in [0.15, 0.2) is 5.82 Å². The largest absolute Gasteiger partial charge is 0.481 e. The first-order chi connectivity index (χ1) is 9.47. The Morgan fingerprint density at radius 2 is 2.10 bits per heavy atom. The molecule has 110 valence electrons. The molecule has 20 heavy (non-hydrogen) atoms. The van der Waals surface area contributed by atoms with Crippen molar-refractivity contribution in [2.24, 2.45) is 17.8 Å². The number of carboxylic acids is 1. The quantitative estimate of drug-likeness (QED) is 0.826. The van der Waals surface area contributed by atoms with Crippen molar-refractivity contribution in [2.75, 3.05) is 6.54 Å². The number of nitrogens with zero attached hydrogens (tertiary/aromatic N) is 2. The van der Waals surface area contributed by atoms with E-state index in [2.05, 4.69) is 15.5 Å². The molecule has 1 aromatic heterocycles. The molecule has 2 N–H and O–H groups in total. The monoisotopic (exact) mass is 281 g/mol. The highest BCUT2D eigenvalue weighted by Crippen LogP contribution is 2.36. The van der Waals surface area contributed by atoms with E-state index in [9.17, 15) is 9.59 Å². The Morgan fingerprint density at radius 3 is 2.70 bits per heavy atom. The summed E-state index contributed by atoms with van der Waals surface area (Å²) in [5.41, 5.74) is 0. The van der Waals surface area contributed by atoms with Gasteiger partial charge in [0.25, 0.3) is 0 Å². The van der Waals surface area contributed by atoms with Gasteiger partial charge in [0.05, 0.1) is 11.8 Å². The van der Waals surface area contributed by atoms with Crippen LogP contribution in [0.5, 0.6) is 0 Å². The molecule has 1 aliphatic rings. The van der Waals surface area contributed by atoms with E-state index in [1.165, 1.54) is 0 Å². The number of carbonyl (C=O) groups excluding carboxylic acids is 1. The van der Waals surface area contributed by atoms with Crippen LogP contribution in [0.4, 0.5) is 0 Å². The molecule has 0 bridgehead atoms. The lowest BCUT2D eigenvalue weighted by atomic mass is 9.95. The molecular weight excluding hydrogens is 262 g/mol. The fourth-order valence-corrected chi connectivity index (χ4v) is 2.73. The summed E-state index contributed by atoms with van der Waals surface area (Å²) >= 11 is 0. The average Bonchev–Trinajstić information content (AvgIpc) is 2.95. The number of aromatic nitrogens is 2. The first-order valence-corrected chi connectivity index (χ1v) is 6.77. The van der Waals surface area contributed by atoms with Crippen LogP contribution in [0, 0.1) is 24.7 Å². The molecule has 1 aromatic rings. The van der Waals surface area contributed by atoms with Gasteiger partial charge in [-0.3, -0.25) is 9.59 Å². The van der Waals surface area contributed by atoms with Crippen molar-refractivity contribution in [3.8, 4) is 0 Å². The van der Waals surface area contributed by atoms with E-state index >= 15 is 0 Å². The molecule has 1 unspecified atom stereocenters. The standard InChI is InChI=1S/C13H19N3O4/c1-7-5-9(10(6-7)13(18)19)12(17)14-4-3-11-15-8(2)20-16-11/h7,9-10H,3-6H2,1-2H3,(H,14,17)(H,18,19)/t7?,9-,10+/m0/s1. The minimum Gasteiger partial charge on any atom is -0.481 e. The third kappa shape index (κ3) is 3.34. The predicted octanol–water partition coefficient (Wildman–Crippen LogP) is 0.784. The zero-order valence-electron chi connectivity index (χ0n) is 11.6. The molecule has 0 saturated heterocycles. The molecule has 7 nitrogen and oxygen atoms in total. The van der Waals surface area contributed by atoms with Crippen molar-refractivity contribution in [1.29, 1.82) is 0 Å². The number of aryl methyl sites for hydroxylation is 1. The number of rotatable bonds is 5. The fourth-order valence-electron chi connectivity index (χ4n) is 2.73. The summed E-state index contributed by atoms with van der Waals surface area (Å²) in [6.45, 7) is 4.06. The molecule has 3 atom stereocenters. The molecule has 0 radical (unpaired) electrons. The minimum atomic E-state index is -0.886. The van der Waals surface area contributed by atoms with E-state index in [0.717, 1.165) is 0 Å². The lowest BCUT2D eigenvalue weighted by molar-refractivity contribution is -0.146. The number of amides is 1. The summed E-state index contributed by atoms with van der Waals surface area (Å²) in [5.74, 6) is -0.789. The van der Waals surface area contributed by atoms with Crippen LogP contribution in [0.1, 0.15) is 31.5 Å². The van der Waals surface area contributed by atoms with E-state index < -0.39 is 17.8 Å². The summed E-state index contributed by atoms with van der Waals surface area (Å²) in [4.78, 5) is 27.2. The fraction of sp³-hybridized carbons (Fsp3) is 0.692. The molecule has 7 heteroatoms. The van der Waals surface area contributed by atoms with E-state index in [1.54, 1.807) is 6.92 Å². The Hall–Kier alpha value is -1.92. The summed E-state index contributed by atoms with van der Waals surface area (Å²) in [6.07, 6.45) is 1.67. The van der Waals surface area contributed by atoms with Crippen LogP contribution >= 0.6 is 0 Å². The van der Waals surface area contributed by atoms with Crippen LogP contribution < -0.4 is 5.32 Å². The molecule has 2 rings (SSSR count). The van der Waals surface area contributed by atoms with Crippen molar-refractivity contribution < 1.29 is 19.2 Å². The van der Waals surface area contributed by atoms with Gasteiger partial charge in [-0.05, 0) is 18.8 Å². The van der Waals surface area contributed by atoms with Gasteiger partial charge >= 0.3 is 5.97 Å². The third-order valence-corrected chi connectivity index (χ3v) is 3.67. The third-order valence-electron chi connectivity index (χ3n) is 3.67. The van der Waals surface area contributed by atoms with E-state index in [-0.39, 0.29) is 11.8 Å². The van der Waals surface area contributed by atoms with Crippen molar-refractivity contribution in [3.63, 3.8) is 0 Å². The van der Waals surface area contributed by atoms with Crippen LogP contribution in [-0.4, -0.2) is 33.7 Å². The van der Waals surface area contributed by atoms with E-state index in [4.69, 9.17) is 9.63 Å². The van der Waals surface area contributed by atoms with Crippen molar-refractivity contribution in [1.82, 2.24) is 15.5 Å². The molecule has 0 aliphatic heterocycles. The number of hydrogen-bond acceptors (Lipinski definition) is 5. The lowest BCUT2D eigenvalue weighted by Crippen LogP contribution is -2.36. The second-order valence-electron chi connectivity index (χ2n) is 5.40. The first kappa shape index (κ1) is 14.5. The summed E-state index contributed by atoms with van der Waals surface area (Å²) in [5, 5.41) is 15.6. The Labute approximate surface area is 116 Å².